The number of likely N-dealkylation sites (N-methyl/N-ethyl adjacent to an activating group) is 2. The van der Waals surface area contributed by atoms with Gasteiger partial charge in [-0.2, -0.15) is 0 Å². The van der Waals surface area contributed by atoms with Crippen molar-refractivity contribution in [3.05, 3.63) is 35.4 Å². The molecule has 94 valence electrons. The van der Waals surface area contributed by atoms with Gasteiger partial charge in [0.15, 0.2) is 0 Å². The third-order valence-electron chi connectivity index (χ3n) is 2.95. The zero-order chi connectivity index (χ0) is 12.8. The second kappa shape index (κ2) is 6.40. The van der Waals surface area contributed by atoms with Crippen LogP contribution in [-0.2, 0) is 11.3 Å². The second-order valence-electron chi connectivity index (χ2n) is 4.35. The average Bonchev–Trinajstić information content (AvgIpc) is 2.34. The molecular formula is C14H22N2O. The first kappa shape index (κ1) is 13.7. The SMILES string of the molecule is CCN(Cc1cccc(C)c1)C(=O)C(C)NC. The highest BCUT2D eigenvalue weighted by atomic mass is 16.2. The van der Waals surface area contributed by atoms with Crippen LogP contribution in [0, 0.1) is 6.92 Å². The molecule has 0 aliphatic rings. The predicted octanol–water partition coefficient (Wildman–Crippen LogP) is 1.95. The van der Waals surface area contributed by atoms with E-state index in [0.717, 1.165) is 6.54 Å². The van der Waals surface area contributed by atoms with E-state index in [9.17, 15) is 4.79 Å². The van der Waals surface area contributed by atoms with Crippen LogP contribution in [0.15, 0.2) is 24.3 Å². The molecule has 1 rings (SSSR count). The number of nitrogens with one attached hydrogen (secondary N) is 1. The minimum Gasteiger partial charge on any atom is -0.337 e. The Labute approximate surface area is 104 Å². The van der Waals surface area contributed by atoms with Crippen LogP contribution in [0.4, 0.5) is 0 Å². The summed E-state index contributed by atoms with van der Waals surface area (Å²) in [7, 11) is 1.81. The van der Waals surface area contributed by atoms with Gasteiger partial charge in [-0.3, -0.25) is 4.79 Å². The zero-order valence-corrected chi connectivity index (χ0v) is 11.2. The van der Waals surface area contributed by atoms with Gasteiger partial charge >= 0.3 is 0 Å². The number of aryl methyl sites for hydroxylation is 1. The van der Waals surface area contributed by atoms with Crippen molar-refractivity contribution in [3.63, 3.8) is 0 Å². The Morgan fingerprint density at radius 3 is 2.71 bits per heavy atom. The summed E-state index contributed by atoms with van der Waals surface area (Å²) in [6.45, 7) is 7.39. The van der Waals surface area contributed by atoms with Crippen molar-refractivity contribution in [2.45, 2.75) is 33.4 Å². The molecule has 1 amide bonds. The summed E-state index contributed by atoms with van der Waals surface area (Å²) in [5, 5.41) is 2.99. The van der Waals surface area contributed by atoms with Gasteiger partial charge in [-0.05, 0) is 33.4 Å². The van der Waals surface area contributed by atoms with E-state index < -0.39 is 0 Å². The number of hydrogen-bond acceptors (Lipinski definition) is 2. The fourth-order valence-electron chi connectivity index (χ4n) is 1.77. The maximum Gasteiger partial charge on any atom is 0.239 e. The van der Waals surface area contributed by atoms with E-state index in [-0.39, 0.29) is 11.9 Å². The van der Waals surface area contributed by atoms with Crippen LogP contribution in [-0.4, -0.2) is 30.4 Å². The summed E-state index contributed by atoms with van der Waals surface area (Å²) in [6, 6.07) is 8.16. The Kier molecular flexibility index (Phi) is 5.16. The third-order valence-corrected chi connectivity index (χ3v) is 2.95. The first-order chi connectivity index (χ1) is 8.08. The van der Waals surface area contributed by atoms with Gasteiger partial charge in [0, 0.05) is 13.1 Å². The Morgan fingerprint density at radius 2 is 2.18 bits per heavy atom. The maximum atomic E-state index is 12.1. The van der Waals surface area contributed by atoms with Crippen LogP contribution < -0.4 is 5.32 Å². The molecule has 0 spiro atoms. The van der Waals surface area contributed by atoms with Crippen molar-refractivity contribution >= 4 is 5.91 Å². The van der Waals surface area contributed by atoms with Crippen LogP contribution in [0.5, 0.6) is 0 Å². The number of carbonyl (C=O) groups is 1. The number of benzene rings is 1. The molecule has 0 aromatic heterocycles. The van der Waals surface area contributed by atoms with Crippen LogP contribution in [0.25, 0.3) is 0 Å². The van der Waals surface area contributed by atoms with Crippen LogP contribution in [0.1, 0.15) is 25.0 Å². The summed E-state index contributed by atoms with van der Waals surface area (Å²) in [4.78, 5) is 13.9. The quantitative estimate of drug-likeness (QED) is 0.844. The van der Waals surface area contributed by atoms with Gasteiger partial charge in [0.2, 0.25) is 5.91 Å². The van der Waals surface area contributed by atoms with Crippen LogP contribution in [0.2, 0.25) is 0 Å². The van der Waals surface area contributed by atoms with E-state index in [0.29, 0.717) is 6.54 Å². The highest BCUT2D eigenvalue weighted by molar-refractivity contribution is 5.81. The van der Waals surface area contributed by atoms with E-state index in [2.05, 4.69) is 30.4 Å². The number of nitrogens with zero attached hydrogens (tertiary/aromatic N) is 1. The number of hydrogen-bond donors (Lipinski definition) is 1. The molecule has 0 aliphatic carbocycles. The molecule has 1 aromatic carbocycles. The lowest BCUT2D eigenvalue weighted by molar-refractivity contribution is -0.133. The molecule has 0 fully saturated rings. The Morgan fingerprint density at radius 1 is 1.47 bits per heavy atom. The lowest BCUT2D eigenvalue weighted by Gasteiger charge is -2.24. The molecule has 0 heterocycles. The van der Waals surface area contributed by atoms with Crippen LogP contribution >= 0.6 is 0 Å². The van der Waals surface area contributed by atoms with Crippen molar-refractivity contribution in [3.8, 4) is 0 Å². The average molecular weight is 234 g/mol. The largest absolute Gasteiger partial charge is 0.337 e. The Hall–Kier alpha value is -1.35. The summed E-state index contributed by atoms with van der Waals surface area (Å²) in [6.07, 6.45) is 0. The molecule has 3 heteroatoms. The highest BCUT2D eigenvalue weighted by Crippen LogP contribution is 2.08. The molecule has 0 aliphatic heterocycles. The topological polar surface area (TPSA) is 32.3 Å². The molecule has 1 unspecified atom stereocenters. The molecule has 3 nitrogen and oxygen atoms in total. The summed E-state index contributed by atoms with van der Waals surface area (Å²) in [5.74, 6) is 0.150. The minimum absolute atomic E-state index is 0.125. The first-order valence-electron chi connectivity index (χ1n) is 6.10. The number of rotatable bonds is 5. The van der Waals surface area contributed by atoms with Gasteiger partial charge in [-0.15, -0.1) is 0 Å². The minimum atomic E-state index is -0.125. The van der Waals surface area contributed by atoms with Gasteiger partial charge in [0.25, 0.3) is 0 Å². The summed E-state index contributed by atoms with van der Waals surface area (Å²) in [5.41, 5.74) is 2.41. The molecule has 0 saturated heterocycles. The van der Waals surface area contributed by atoms with E-state index in [4.69, 9.17) is 0 Å². The lowest BCUT2D eigenvalue weighted by atomic mass is 10.1. The third kappa shape index (κ3) is 3.86. The smallest absolute Gasteiger partial charge is 0.239 e. The van der Waals surface area contributed by atoms with Crippen LogP contribution in [0.3, 0.4) is 0 Å². The van der Waals surface area contributed by atoms with Gasteiger partial charge in [-0.25, -0.2) is 0 Å². The summed E-state index contributed by atoms with van der Waals surface area (Å²) >= 11 is 0. The normalized spacial score (nSPS) is 12.2. The fraction of sp³-hybridized carbons (Fsp3) is 0.500. The Bertz CT molecular complexity index is 376. The van der Waals surface area contributed by atoms with Gasteiger partial charge in [-0.1, -0.05) is 29.8 Å². The van der Waals surface area contributed by atoms with E-state index in [1.807, 2.05) is 31.9 Å². The van der Waals surface area contributed by atoms with Gasteiger partial charge in [0.1, 0.15) is 0 Å². The Balaban J connectivity index is 2.73. The lowest BCUT2D eigenvalue weighted by Crippen LogP contribution is -2.43. The number of carbonyl (C=O) groups excluding carboxylic acids is 1. The molecule has 0 radical (unpaired) electrons. The maximum absolute atomic E-state index is 12.1. The number of amides is 1. The molecule has 1 atom stereocenters. The molecule has 1 aromatic rings. The van der Waals surface area contributed by atoms with Gasteiger partial charge < -0.3 is 10.2 Å². The van der Waals surface area contributed by atoms with E-state index in [1.54, 1.807) is 0 Å². The monoisotopic (exact) mass is 234 g/mol. The van der Waals surface area contributed by atoms with Crippen molar-refractivity contribution in [2.75, 3.05) is 13.6 Å². The molecule has 0 saturated carbocycles. The van der Waals surface area contributed by atoms with Crippen molar-refractivity contribution in [1.29, 1.82) is 0 Å². The first-order valence-corrected chi connectivity index (χ1v) is 6.10. The van der Waals surface area contributed by atoms with Crippen molar-refractivity contribution < 1.29 is 4.79 Å². The van der Waals surface area contributed by atoms with E-state index >= 15 is 0 Å². The highest BCUT2D eigenvalue weighted by Gasteiger charge is 2.17. The molecule has 17 heavy (non-hydrogen) atoms. The van der Waals surface area contributed by atoms with Crippen molar-refractivity contribution in [2.24, 2.45) is 0 Å². The second-order valence-corrected chi connectivity index (χ2v) is 4.35. The van der Waals surface area contributed by atoms with Crippen molar-refractivity contribution in [1.82, 2.24) is 10.2 Å². The zero-order valence-electron chi connectivity index (χ0n) is 11.2. The summed E-state index contributed by atoms with van der Waals surface area (Å²) < 4.78 is 0. The fourth-order valence-corrected chi connectivity index (χ4v) is 1.77. The predicted molar refractivity (Wildman–Crippen MR) is 70.8 cm³/mol. The standard InChI is InChI=1S/C14H22N2O/c1-5-16(14(17)12(3)15-4)10-13-8-6-7-11(2)9-13/h6-9,12,15H,5,10H2,1-4H3. The van der Waals surface area contributed by atoms with E-state index in [1.165, 1.54) is 11.1 Å². The molecular weight excluding hydrogens is 212 g/mol. The molecule has 1 N–H and O–H groups in total. The van der Waals surface area contributed by atoms with Gasteiger partial charge in [0.05, 0.1) is 6.04 Å². The molecule has 0 bridgehead atoms.